The molecule has 1 aliphatic heterocycles. The van der Waals surface area contributed by atoms with Gasteiger partial charge in [0.25, 0.3) is 0 Å². The molecule has 1 unspecified atom stereocenters. The van der Waals surface area contributed by atoms with Crippen LogP contribution in [0.25, 0.3) is 0 Å². The van der Waals surface area contributed by atoms with Crippen LogP contribution in [0.5, 0.6) is 0 Å². The first-order chi connectivity index (χ1) is 7.66. The molecule has 2 fully saturated rings. The van der Waals surface area contributed by atoms with Gasteiger partial charge in [0.05, 0.1) is 6.61 Å². The smallest absolute Gasteiger partial charge is 0.106 e. The van der Waals surface area contributed by atoms with Crippen molar-refractivity contribution in [2.75, 3.05) is 13.2 Å². The first kappa shape index (κ1) is 12.3. The van der Waals surface area contributed by atoms with E-state index in [1.807, 2.05) is 0 Å². The summed E-state index contributed by atoms with van der Waals surface area (Å²) in [5, 5.41) is 10.7. The van der Waals surface area contributed by atoms with Gasteiger partial charge in [0.1, 0.15) is 5.60 Å². The minimum absolute atomic E-state index is 0.409. The van der Waals surface area contributed by atoms with E-state index in [1.165, 1.54) is 19.3 Å². The zero-order chi connectivity index (χ0) is 11.5. The van der Waals surface area contributed by atoms with Gasteiger partial charge < -0.3 is 15.6 Å². The van der Waals surface area contributed by atoms with Crippen LogP contribution in [0, 0.1) is 0 Å². The minimum atomic E-state index is -0.775. The number of hydrogen-bond acceptors (Lipinski definition) is 3. The summed E-state index contributed by atoms with van der Waals surface area (Å²) in [7, 11) is 0. The second-order valence-corrected chi connectivity index (χ2v) is 5.61. The minimum Gasteiger partial charge on any atom is -0.386 e. The van der Waals surface area contributed by atoms with E-state index in [0.29, 0.717) is 6.61 Å². The van der Waals surface area contributed by atoms with E-state index in [1.54, 1.807) is 0 Å². The van der Waals surface area contributed by atoms with Crippen LogP contribution in [-0.4, -0.2) is 29.5 Å². The molecule has 2 rings (SSSR count). The summed E-state index contributed by atoms with van der Waals surface area (Å²) in [5.41, 5.74) is 5.32. The zero-order valence-electron chi connectivity index (χ0n) is 10.2. The van der Waals surface area contributed by atoms with Crippen LogP contribution in [-0.2, 0) is 4.74 Å². The molecule has 2 aliphatic rings. The Morgan fingerprint density at radius 3 is 2.06 bits per heavy atom. The van der Waals surface area contributed by atoms with E-state index < -0.39 is 11.1 Å². The molecule has 16 heavy (non-hydrogen) atoms. The molecule has 0 aromatic heterocycles. The largest absolute Gasteiger partial charge is 0.386 e. The van der Waals surface area contributed by atoms with Gasteiger partial charge in [0.2, 0.25) is 0 Å². The number of aliphatic hydroxyl groups is 1. The number of ether oxygens (including phenoxy) is 1. The molecule has 0 aromatic rings. The van der Waals surface area contributed by atoms with Crippen LogP contribution in [0.2, 0.25) is 0 Å². The third-order valence-corrected chi connectivity index (χ3v) is 4.39. The Labute approximate surface area is 98.4 Å². The fourth-order valence-electron chi connectivity index (χ4n) is 3.17. The zero-order valence-corrected chi connectivity index (χ0v) is 10.2. The predicted molar refractivity (Wildman–Crippen MR) is 64.2 cm³/mol. The Kier molecular flexibility index (Phi) is 3.88. The van der Waals surface area contributed by atoms with Gasteiger partial charge in [-0.15, -0.1) is 0 Å². The number of rotatable bonds is 1. The third-order valence-electron chi connectivity index (χ3n) is 4.39. The quantitative estimate of drug-likeness (QED) is 0.720. The van der Waals surface area contributed by atoms with Gasteiger partial charge in [-0.3, -0.25) is 0 Å². The van der Waals surface area contributed by atoms with E-state index in [-0.39, 0.29) is 0 Å². The molecule has 1 atom stereocenters. The standard InChI is InChI=1S/C13H25NO2/c14-12(7-4-2-1-3-5-8-12)13(15)9-6-10-16-11-13/h15H,1-11,14H2. The summed E-state index contributed by atoms with van der Waals surface area (Å²) >= 11 is 0. The third kappa shape index (κ3) is 2.41. The highest BCUT2D eigenvalue weighted by Crippen LogP contribution is 2.37. The summed E-state index contributed by atoms with van der Waals surface area (Å²) in [4.78, 5) is 0. The van der Waals surface area contributed by atoms with Crippen LogP contribution in [0.3, 0.4) is 0 Å². The predicted octanol–water partition coefficient (Wildman–Crippen LogP) is 1.97. The van der Waals surface area contributed by atoms with Gasteiger partial charge >= 0.3 is 0 Å². The maximum Gasteiger partial charge on any atom is 0.106 e. The molecule has 1 saturated heterocycles. The lowest BCUT2D eigenvalue weighted by atomic mass is 9.70. The lowest BCUT2D eigenvalue weighted by molar-refractivity contribution is -0.135. The summed E-state index contributed by atoms with van der Waals surface area (Å²) < 4.78 is 5.45. The van der Waals surface area contributed by atoms with E-state index in [4.69, 9.17) is 10.5 Å². The van der Waals surface area contributed by atoms with Crippen LogP contribution < -0.4 is 5.73 Å². The maximum atomic E-state index is 10.7. The van der Waals surface area contributed by atoms with Crippen molar-refractivity contribution < 1.29 is 9.84 Å². The summed E-state index contributed by atoms with van der Waals surface area (Å²) in [6.07, 6.45) is 9.80. The summed E-state index contributed by atoms with van der Waals surface area (Å²) in [5.74, 6) is 0. The molecule has 94 valence electrons. The molecule has 0 bridgehead atoms. The Hall–Kier alpha value is -0.120. The van der Waals surface area contributed by atoms with E-state index in [0.717, 1.165) is 45.1 Å². The summed E-state index contributed by atoms with van der Waals surface area (Å²) in [6.45, 7) is 1.21. The highest BCUT2D eigenvalue weighted by atomic mass is 16.5. The van der Waals surface area contributed by atoms with Crippen molar-refractivity contribution in [2.45, 2.75) is 68.9 Å². The molecule has 3 heteroatoms. The van der Waals surface area contributed by atoms with Gasteiger partial charge in [-0.25, -0.2) is 0 Å². The fourth-order valence-corrected chi connectivity index (χ4v) is 3.17. The van der Waals surface area contributed by atoms with Crippen LogP contribution in [0.1, 0.15) is 57.8 Å². The monoisotopic (exact) mass is 227 g/mol. The molecule has 0 aromatic carbocycles. The lowest BCUT2D eigenvalue weighted by Gasteiger charge is -2.47. The van der Waals surface area contributed by atoms with Gasteiger partial charge in [-0.05, 0) is 25.7 Å². The second-order valence-electron chi connectivity index (χ2n) is 5.61. The van der Waals surface area contributed by atoms with E-state index >= 15 is 0 Å². The van der Waals surface area contributed by atoms with Crippen LogP contribution >= 0.6 is 0 Å². The first-order valence-electron chi connectivity index (χ1n) is 6.75. The molecule has 3 nitrogen and oxygen atoms in total. The Bertz CT molecular complexity index is 216. The van der Waals surface area contributed by atoms with Crippen molar-refractivity contribution in [1.29, 1.82) is 0 Å². The van der Waals surface area contributed by atoms with Gasteiger partial charge in [-0.1, -0.05) is 32.1 Å². The average molecular weight is 227 g/mol. The van der Waals surface area contributed by atoms with Gasteiger partial charge in [-0.2, -0.15) is 0 Å². The highest BCUT2D eigenvalue weighted by molar-refractivity contribution is 5.04. The van der Waals surface area contributed by atoms with Crippen molar-refractivity contribution >= 4 is 0 Å². The fraction of sp³-hybridized carbons (Fsp3) is 1.00. The van der Waals surface area contributed by atoms with Crippen molar-refractivity contribution in [3.8, 4) is 0 Å². The van der Waals surface area contributed by atoms with Crippen LogP contribution in [0.4, 0.5) is 0 Å². The lowest BCUT2D eigenvalue weighted by Crippen LogP contribution is -2.64. The van der Waals surface area contributed by atoms with Crippen LogP contribution in [0.15, 0.2) is 0 Å². The summed E-state index contributed by atoms with van der Waals surface area (Å²) in [6, 6.07) is 0. The van der Waals surface area contributed by atoms with Gasteiger partial charge in [0.15, 0.2) is 0 Å². The first-order valence-corrected chi connectivity index (χ1v) is 6.75. The topological polar surface area (TPSA) is 55.5 Å². The van der Waals surface area contributed by atoms with Crippen molar-refractivity contribution in [3.05, 3.63) is 0 Å². The Morgan fingerprint density at radius 2 is 1.50 bits per heavy atom. The maximum absolute atomic E-state index is 10.7. The Balaban J connectivity index is 2.06. The molecule has 0 amide bonds. The molecule has 0 spiro atoms. The SMILES string of the molecule is NC1(C2(O)CCCOC2)CCCCCCC1. The van der Waals surface area contributed by atoms with Gasteiger partial charge in [0, 0.05) is 12.1 Å². The average Bonchev–Trinajstić information content (AvgIpc) is 2.25. The van der Waals surface area contributed by atoms with Crippen molar-refractivity contribution in [1.82, 2.24) is 0 Å². The highest BCUT2D eigenvalue weighted by Gasteiger charge is 2.47. The molecule has 1 aliphatic carbocycles. The number of hydrogen-bond donors (Lipinski definition) is 2. The Morgan fingerprint density at radius 1 is 0.875 bits per heavy atom. The molecule has 0 radical (unpaired) electrons. The molecular weight excluding hydrogens is 202 g/mol. The number of nitrogens with two attached hydrogens (primary N) is 1. The molecular formula is C13H25NO2. The normalized spacial score (nSPS) is 36.4. The van der Waals surface area contributed by atoms with E-state index in [2.05, 4.69) is 0 Å². The molecule has 3 N–H and O–H groups in total. The van der Waals surface area contributed by atoms with Crippen molar-refractivity contribution in [2.24, 2.45) is 5.73 Å². The molecule has 1 saturated carbocycles. The molecule has 1 heterocycles. The van der Waals surface area contributed by atoms with E-state index in [9.17, 15) is 5.11 Å². The van der Waals surface area contributed by atoms with Crippen molar-refractivity contribution in [3.63, 3.8) is 0 Å². The second kappa shape index (κ2) is 5.03.